The lowest BCUT2D eigenvalue weighted by atomic mass is 10.1. The Morgan fingerprint density at radius 2 is 1.72 bits per heavy atom. The van der Waals surface area contributed by atoms with Crippen LogP contribution in [0.4, 0.5) is 8.78 Å². The fourth-order valence-electron chi connectivity index (χ4n) is 2.67. The Balaban J connectivity index is 1.77. The van der Waals surface area contributed by atoms with Crippen LogP contribution in [0.5, 0.6) is 17.2 Å². The molecule has 2 aromatic rings. The molecule has 0 spiro atoms. The zero-order valence-electron chi connectivity index (χ0n) is 18.0. The van der Waals surface area contributed by atoms with Crippen LogP contribution in [0.1, 0.15) is 11.1 Å². The third-order valence-corrected chi connectivity index (χ3v) is 4.46. The summed E-state index contributed by atoms with van der Waals surface area (Å²) in [6, 6.07) is 11.2. The predicted octanol–water partition coefficient (Wildman–Crippen LogP) is 3.56. The topological polar surface area (TPSA) is 74.3 Å². The molecule has 0 N–H and O–H groups in total. The maximum atomic E-state index is 12.2. The van der Waals surface area contributed by atoms with Gasteiger partial charge in [-0.25, -0.2) is 4.79 Å². The minimum atomic E-state index is -2.90. The first-order valence-electron chi connectivity index (χ1n) is 9.67. The van der Waals surface area contributed by atoms with Crippen molar-refractivity contribution in [1.29, 1.82) is 0 Å². The monoisotopic (exact) mass is 449 g/mol. The second-order valence-electron chi connectivity index (χ2n) is 6.64. The van der Waals surface area contributed by atoms with Gasteiger partial charge in [-0.05, 0) is 47.9 Å². The maximum Gasteiger partial charge on any atom is 0.387 e. The lowest BCUT2D eigenvalue weighted by Gasteiger charge is -2.17. The minimum Gasteiger partial charge on any atom is -0.493 e. The van der Waals surface area contributed by atoms with Crippen LogP contribution in [0.3, 0.4) is 0 Å². The van der Waals surface area contributed by atoms with Crippen LogP contribution in [0, 0.1) is 0 Å². The summed E-state index contributed by atoms with van der Waals surface area (Å²) < 4.78 is 44.0. The molecule has 0 unspecified atom stereocenters. The number of amides is 1. The van der Waals surface area contributed by atoms with E-state index in [0.717, 1.165) is 11.6 Å². The number of esters is 1. The van der Waals surface area contributed by atoms with Crippen LogP contribution in [0.2, 0.25) is 0 Å². The van der Waals surface area contributed by atoms with E-state index in [2.05, 4.69) is 4.74 Å². The number of methoxy groups -OCH3 is 2. The molecule has 0 aliphatic carbocycles. The number of nitrogens with zero attached hydrogens (tertiary/aromatic N) is 1. The Morgan fingerprint density at radius 3 is 2.34 bits per heavy atom. The van der Waals surface area contributed by atoms with Crippen LogP contribution in [-0.2, 0) is 20.7 Å². The molecular weight excluding hydrogens is 424 g/mol. The third kappa shape index (κ3) is 7.90. The summed E-state index contributed by atoms with van der Waals surface area (Å²) in [7, 11) is 4.73. The Labute approximate surface area is 185 Å². The van der Waals surface area contributed by atoms with Gasteiger partial charge in [-0.15, -0.1) is 0 Å². The number of carbonyl (C=O) groups excluding carboxylic acids is 2. The molecule has 0 bridgehead atoms. The molecule has 0 saturated heterocycles. The first-order chi connectivity index (χ1) is 15.3. The van der Waals surface area contributed by atoms with E-state index in [9.17, 15) is 18.4 Å². The standard InChI is InChI=1S/C23H25F2NO6/c1-26(13-12-17-6-10-19(29-2)20(14-17)30-3)21(27)15-31-22(28)11-7-16-4-8-18(9-5-16)32-23(24)25/h4-11,14,23H,12-13,15H2,1-3H3/b11-7+. The van der Waals surface area contributed by atoms with Gasteiger partial charge in [-0.3, -0.25) is 4.79 Å². The number of ether oxygens (including phenoxy) is 4. The molecule has 9 heteroatoms. The van der Waals surface area contributed by atoms with E-state index in [1.54, 1.807) is 27.3 Å². The molecule has 0 radical (unpaired) electrons. The molecule has 0 fully saturated rings. The van der Waals surface area contributed by atoms with Crippen molar-refractivity contribution < 1.29 is 37.3 Å². The minimum absolute atomic E-state index is 0.0152. The Morgan fingerprint density at radius 1 is 1.03 bits per heavy atom. The number of rotatable bonds is 11. The van der Waals surface area contributed by atoms with Gasteiger partial charge in [0.2, 0.25) is 0 Å². The normalized spacial score (nSPS) is 10.8. The van der Waals surface area contributed by atoms with Crippen molar-refractivity contribution in [3.05, 3.63) is 59.7 Å². The van der Waals surface area contributed by atoms with Gasteiger partial charge in [0.15, 0.2) is 18.1 Å². The molecule has 172 valence electrons. The second kappa shape index (κ2) is 12.3. The smallest absolute Gasteiger partial charge is 0.387 e. The van der Waals surface area contributed by atoms with E-state index in [4.69, 9.17) is 14.2 Å². The summed E-state index contributed by atoms with van der Waals surface area (Å²) in [5, 5.41) is 0. The number of hydrogen-bond donors (Lipinski definition) is 0. The molecule has 32 heavy (non-hydrogen) atoms. The predicted molar refractivity (Wildman–Crippen MR) is 114 cm³/mol. The van der Waals surface area contributed by atoms with Gasteiger partial charge < -0.3 is 23.8 Å². The van der Waals surface area contributed by atoms with Gasteiger partial charge in [0.05, 0.1) is 14.2 Å². The van der Waals surface area contributed by atoms with E-state index in [-0.39, 0.29) is 11.7 Å². The van der Waals surface area contributed by atoms with Crippen LogP contribution < -0.4 is 14.2 Å². The highest BCUT2D eigenvalue weighted by molar-refractivity contribution is 5.89. The Kier molecular flexibility index (Phi) is 9.46. The highest BCUT2D eigenvalue weighted by atomic mass is 19.3. The molecule has 0 aliphatic rings. The van der Waals surface area contributed by atoms with E-state index in [1.807, 2.05) is 12.1 Å². The highest BCUT2D eigenvalue weighted by Crippen LogP contribution is 2.27. The number of hydrogen-bond acceptors (Lipinski definition) is 6. The number of halogens is 2. The van der Waals surface area contributed by atoms with Gasteiger partial charge >= 0.3 is 12.6 Å². The van der Waals surface area contributed by atoms with Crippen molar-refractivity contribution in [2.75, 3.05) is 34.4 Å². The number of likely N-dealkylation sites (N-methyl/N-ethyl adjacent to an activating group) is 1. The summed E-state index contributed by atoms with van der Waals surface area (Å²) in [4.78, 5) is 25.5. The zero-order valence-corrected chi connectivity index (χ0v) is 18.0. The van der Waals surface area contributed by atoms with Gasteiger partial charge in [0, 0.05) is 19.7 Å². The first kappa shape index (κ1) is 24.6. The van der Waals surface area contributed by atoms with Crippen molar-refractivity contribution in [2.24, 2.45) is 0 Å². The van der Waals surface area contributed by atoms with Crippen molar-refractivity contribution in [3.8, 4) is 17.2 Å². The van der Waals surface area contributed by atoms with E-state index >= 15 is 0 Å². The number of carbonyl (C=O) groups is 2. The zero-order chi connectivity index (χ0) is 23.5. The lowest BCUT2D eigenvalue weighted by Crippen LogP contribution is -2.32. The highest BCUT2D eigenvalue weighted by Gasteiger charge is 2.12. The molecule has 1 amide bonds. The molecule has 0 atom stereocenters. The second-order valence-corrected chi connectivity index (χ2v) is 6.64. The van der Waals surface area contributed by atoms with Gasteiger partial charge in [0.1, 0.15) is 5.75 Å². The number of alkyl halides is 2. The fourth-order valence-corrected chi connectivity index (χ4v) is 2.67. The van der Waals surface area contributed by atoms with Crippen molar-refractivity contribution in [3.63, 3.8) is 0 Å². The Hall–Kier alpha value is -3.62. The fraction of sp³-hybridized carbons (Fsp3) is 0.304. The summed E-state index contributed by atoms with van der Waals surface area (Å²) in [6.07, 6.45) is 3.18. The quantitative estimate of drug-likeness (QED) is 0.386. The summed E-state index contributed by atoms with van der Waals surface area (Å²) >= 11 is 0. The van der Waals surface area contributed by atoms with Crippen molar-refractivity contribution in [2.45, 2.75) is 13.0 Å². The molecule has 0 aliphatic heterocycles. The molecule has 2 rings (SSSR count). The summed E-state index contributed by atoms with van der Waals surface area (Å²) in [5.41, 5.74) is 1.55. The SMILES string of the molecule is COc1ccc(CCN(C)C(=O)COC(=O)/C=C/c2ccc(OC(F)F)cc2)cc1OC. The summed E-state index contributed by atoms with van der Waals surface area (Å²) in [5.74, 6) is 0.204. The molecular formula is C23H25F2NO6. The summed E-state index contributed by atoms with van der Waals surface area (Å²) in [6.45, 7) is -2.87. The molecule has 0 saturated carbocycles. The van der Waals surface area contributed by atoms with Gasteiger partial charge in [-0.2, -0.15) is 8.78 Å². The largest absolute Gasteiger partial charge is 0.493 e. The average molecular weight is 449 g/mol. The van der Waals surface area contributed by atoms with Crippen LogP contribution in [0.25, 0.3) is 6.08 Å². The van der Waals surface area contributed by atoms with E-state index in [1.165, 1.54) is 35.2 Å². The molecule has 0 heterocycles. The van der Waals surface area contributed by atoms with Crippen molar-refractivity contribution >= 4 is 18.0 Å². The van der Waals surface area contributed by atoms with Gasteiger partial charge in [0.25, 0.3) is 5.91 Å². The van der Waals surface area contributed by atoms with Crippen LogP contribution in [-0.4, -0.2) is 57.8 Å². The average Bonchev–Trinajstić information content (AvgIpc) is 2.79. The van der Waals surface area contributed by atoms with Gasteiger partial charge in [-0.1, -0.05) is 18.2 Å². The first-order valence-corrected chi connectivity index (χ1v) is 9.67. The molecule has 0 aromatic heterocycles. The molecule has 2 aromatic carbocycles. The van der Waals surface area contributed by atoms with E-state index in [0.29, 0.717) is 30.0 Å². The Bertz CT molecular complexity index is 931. The van der Waals surface area contributed by atoms with E-state index < -0.39 is 19.2 Å². The lowest BCUT2D eigenvalue weighted by molar-refractivity contribution is -0.147. The molecule has 7 nitrogen and oxygen atoms in total. The third-order valence-electron chi connectivity index (χ3n) is 4.46. The number of benzene rings is 2. The van der Waals surface area contributed by atoms with Crippen LogP contribution >= 0.6 is 0 Å². The van der Waals surface area contributed by atoms with Crippen LogP contribution in [0.15, 0.2) is 48.5 Å². The van der Waals surface area contributed by atoms with Crippen molar-refractivity contribution in [1.82, 2.24) is 4.90 Å². The maximum absolute atomic E-state index is 12.2.